The van der Waals surface area contributed by atoms with Crippen LogP contribution in [0.5, 0.6) is 0 Å². The van der Waals surface area contributed by atoms with Crippen LogP contribution in [-0.2, 0) is 12.2 Å². The quantitative estimate of drug-likeness (QED) is 0.481. The molecule has 0 aliphatic rings. The average Bonchev–Trinajstić information content (AvgIpc) is 3.19. The first kappa shape index (κ1) is 16.3. The summed E-state index contributed by atoms with van der Waals surface area (Å²) in [5.74, 6) is 0.317. The van der Waals surface area contributed by atoms with E-state index in [1.807, 2.05) is 5.38 Å². The van der Waals surface area contributed by atoms with E-state index in [1.54, 1.807) is 29.7 Å². The third-order valence-corrected chi connectivity index (χ3v) is 5.45. The fourth-order valence-corrected chi connectivity index (χ4v) is 3.84. The second-order valence-electron chi connectivity index (χ2n) is 4.54. The maximum absolute atomic E-state index is 13.3. The van der Waals surface area contributed by atoms with Gasteiger partial charge in [-0.1, -0.05) is 17.8 Å². The summed E-state index contributed by atoms with van der Waals surface area (Å²) >= 11 is 6.13. The van der Waals surface area contributed by atoms with Crippen molar-refractivity contribution in [2.45, 2.75) is 17.2 Å². The molecule has 0 fully saturated rings. The molecule has 118 valence electrons. The molecule has 2 heterocycles. The van der Waals surface area contributed by atoms with Crippen molar-refractivity contribution in [3.05, 3.63) is 56.3 Å². The van der Waals surface area contributed by atoms with Gasteiger partial charge in [-0.05, 0) is 43.9 Å². The fraction of sp³-hybridized carbons (Fsp3) is 0.143. The van der Waals surface area contributed by atoms with Crippen molar-refractivity contribution < 1.29 is 9.02 Å². The van der Waals surface area contributed by atoms with Gasteiger partial charge in [0.1, 0.15) is 10.8 Å². The smallest absolute Gasteiger partial charge is 0.170 e. The number of halogens is 2. The van der Waals surface area contributed by atoms with Crippen molar-refractivity contribution in [1.29, 1.82) is 5.41 Å². The lowest BCUT2D eigenvalue weighted by Gasteiger charge is -2.03. The summed E-state index contributed by atoms with van der Waals surface area (Å²) in [5, 5.41) is 19.3. The zero-order chi connectivity index (χ0) is 16.2. The van der Waals surface area contributed by atoms with E-state index < -0.39 is 0 Å². The molecular weight excluding hydrogens is 403 g/mol. The van der Waals surface area contributed by atoms with E-state index in [4.69, 9.17) is 10.0 Å². The van der Waals surface area contributed by atoms with Crippen LogP contribution in [0.2, 0.25) is 0 Å². The van der Waals surface area contributed by atoms with E-state index in [0.29, 0.717) is 27.4 Å². The number of benzene rings is 1. The number of nitrogens with one attached hydrogen (secondary N) is 1. The molecule has 3 aromatic rings. The first-order valence-electron chi connectivity index (χ1n) is 6.49. The Morgan fingerprint density at radius 3 is 3.00 bits per heavy atom. The minimum Gasteiger partial charge on any atom is -0.302 e. The van der Waals surface area contributed by atoms with E-state index in [2.05, 4.69) is 31.2 Å². The van der Waals surface area contributed by atoms with Gasteiger partial charge in [-0.25, -0.2) is 14.0 Å². The molecule has 5 nitrogen and oxygen atoms in total. The molecule has 0 atom stereocenters. The predicted molar refractivity (Wildman–Crippen MR) is 90.6 cm³/mol. The number of aromatic nitrogens is 3. The second-order valence-corrected chi connectivity index (χ2v) is 7.33. The van der Waals surface area contributed by atoms with Gasteiger partial charge in [0.2, 0.25) is 0 Å². The summed E-state index contributed by atoms with van der Waals surface area (Å²) in [7, 11) is 0. The zero-order valence-electron chi connectivity index (χ0n) is 11.6. The Hall–Kier alpha value is -1.58. The molecular formula is C14H10BrFN4OS2. The molecule has 0 saturated carbocycles. The molecule has 1 N–H and O–H groups in total. The first-order chi connectivity index (χ1) is 11.1. The van der Waals surface area contributed by atoms with Crippen LogP contribution in [0.25, 0.3) is 0 Å². The lowest BCUT2D eigenvalue weighted by atomic mass is 10.1. The number of hydrogen-bond acceptors (Lipinski definition) is 7. The standard InChI is InChI=1S/C14H10BrFN4OS2/c15-9-5-8(1-2-10(9)16)6-11(17)13-14(20-21-19-13)23-7-12-18-3-4-22-12/h1-5,17H,6-7H2. The third kappa shape index (κ3) is 4.04. The van der Waals surface area contributed by atoms with Gasteiger partial charge in [0.05, 0.1) is 15.9 Å². The molecule has 0 saturated heterocycles. The van der Waals surface area contributed by atoms with Crippen LogP contribution >= 0.6 is 39.0 Å². The molecule has 3 rings (SSSR count). The molecule has 0 aliphatic heterocycles. The summed E-state index contributed by atoms with van der Waals surface area (Å²) in [6.45, 7) is 0. The number of nitrogens with zero attached hydrogens (tertiary/aromatic N) is 3. The molecule has 0 spiro atoms. The molecule has 0 radical (unpaired) electrons. The van der Waals surface area contributed by atoms with Crippen molar-refractivity contribution in [3.8, 4) is 0 Å². The van der Waals surface area contributed by atoms with Crippen LogP contribution in [-0.4, -0.2) is 21.0 Å². The molecule has 0 aliphatic carbocycles. The predicted octanol–water partition coefficient (Wildman–Crippen LogP) is 4.33. The largest absolute Gasteiger partial charge is 0.302 e. The molecule has 2 aromatic heterocycles. The van der Waals surface area contributed by atoms with Crippen LogP contribution < -0.4 is 0 Å². The highest BCUT2D eigenvalue weighted by Crippen LogP contribution is 2.25. The Labute approximate surface area is 147 Å². The zero-order valence-corrected chi connectivity index (χ0v) is 14.8. The normalized spacial score (nSPS) is 10.9. The summed E-state index contributed by atoms with van der Waals surface area (Å²) in [6.07, 6.45) is 2.06. The van der Waals surface area contributed by atoms with E-state index in [-0.39, 0.29) is 11.5 Å². The van der Waals surface area contributed by atoms with Gasteiger partial charge >= 0.3 is 0 Å². The molecule has 0 unspecified atom stereocenters. The monoisotopic (exact) mass is 412 g/mol. The van der Waals surface area contributed by atoms with Crippen molar-refractivity contribution >= 4 is 44.7 Å². The number of rotatable bonds is 6. The van der Waals surface area contributed by atoms with Gasteiger partial charge < -0.3 is 5.41 Å². The molecule has 9 heteroatoms. The van der Waals surface area contributed by atoms with Crippen LogP contribution in [0.15, 0.2) is 43.9 Å². The van der Waals surface area contributed by atoms with Gasteiger partial charge in [0.15, 0.2) is 10.7 Å². The third-order valence-electron chi connectivity index (χ3n) is 2.93. The topological polar surface area (TPSA) is 75.7 Å². The number of thioether (sulfide) groups is 1. The van der Waals surface area contributed by atoms with Gasteiger partial charge in [-0.3, -0.25) is 0 Å². The maximum Gasteiger partial charge on any atom is 0.170 e. The summed E-state index contributed by atoms with van der Waals surface area (Å²) in [4.78, 5) is 4.20. The van der Waals surface area contributed by atoms with Gasteiger partial charge in [0.25, 0.3) is 0 Å². The van der Waals surface area contributed by atoms with Crippen LogP contribution in [0, 0.1) is 11.2 Å². The average molecular weight is 413 g/mol. The number of hydrogen-bond donors (Lipinski definition) is 1. The van der Waals surface area contributed by atoms with Crippen molar-refractivity contribution in [2.75, 3.05) is 0 Å². The van der Waals surface area contributed by atoms with Gasteiger partial charge in [-0.2, -0.15) is 0 Å². The van der Waals surface area contributed by atoms with Crippen molar-refractivity contribution in [2.24, 2.45) is 0 Å². The highest BCUT2D eigenvalue weighted by Gasteiger charge is 2.17. The van der Waals surface area contributed by atoms with Gasteiger partial charge in [-0.15, -0.1) is 11.3 Å². The minimum atomic E-state index is -0.330. The fourth-order valence-electron chi connectivity index (χ4n) is 1.85. The van der Waals surface area contributed by atoms with Crippen molar-refractivity contribution in [3.63, 3.8) is 0 Å². The Kier molecular flexibility index (Phi) is 5.19. The van der Waals surface area contributed by atoms with E-state index in [1.165, 1.54) is 17.8 Å². The van der Waals surface area contributed by atoms with Crippen LogP contribution in [0.3, 0.4) is 0 Å². The molecule has 0 amide bonds. The maximum atomic E-state index is 13.3. The highest BCUT2D eigenvalue weighted by molar-refractivity contribution is 9.10. The molecule has 23 heavy (non-hydrogen) atoms. The summed E-state index contributed by atoms with van der Waals surface area (Å²) in [5.41, 5.74) is 1.49. The molecule has 1 aromatic carbocycles. The van der Waals surface area contributed by atoms with E-state index in [0.717, 1.165) is 10.6 Å². The summed E-state index contributed by atoms with van der Waals surface area (Å²) in [6, 6.07) is 4.66. The van der Waals surface area contributed by atoms with E-state index in [9.17, 15) is 4.39 Å². The highest BCUT2D eigenvalue weighted by atomic mass is 79.9. The Morgan fingerprint density at radius 1 is 1.39 bits per heavy atom. The van der Waals surface area contributed by atoms with E-state index >= 15 is 0 Å². The Bertz CT molecular complexity index is 822. The van der Waals surface area contributed by atoms with Crippen LogP contribution in [0.1, 0.15) is 16.3 Å². The lowest BCUT2D eigenvalue weighted by Crippen LogP contribution is -2.06. The molecule has 0 bridgehead atoms. The summed E-state index contributed by atoms with van der Waals surface area (Å²) < 4.78 is 18.4. The number of thiazole rings is 1. The Morgan fingerprint density at radius 2 is 2.26 bits per heavy atom. The Balaban J connectivity index is 1.70. The van der Waals surface area contributed by atoms with Crippen LogP contribution in [0.4, 0.5) is 4.39 Å². The van der Waals surface area contributed by atoms with Crippen molar-refractivity contribution in [1.82, 2.24) is 15.3 Å². The minimum absolute atomic E-state index is 0.270. The lowest BCUT2D eigenvalue weighted by molar-refractivity contribution is 0.298. The first-order valence-corrected chi connectivity index (χ1v) is 9.15. The SMILES string of the molecule is N=C(Cc1ccc(F)c(Br)c1)c1nonc1SCc1nccs1. The second kappa shape index (κ2) is 7.33. The van der Waals surface area contributed by atoms with Gasteiger partial charge in [0, 0.05) is 18.0 Å².